The van der Waals surface area contributed by atoms with Gasteiger partial charge in [-0.1, -0.05) is 30.3 Å². The van der Waals surface area contributed by atoms with Crippen LogP contribution in [-0.2, 0) is 16.9 Å². The number of carbonyl (C=O) groups excluding carboxylic acids is 1. The second kappa shape index (κ2) is 8.82. The van der Waals surface area contributed by atoms with Crippen LogP contribution in [0.5, 0.6) is 0 Å². The first-order chi connectivity index (χ1) is 13.4. The highest BCUT2D eigenvalue weighted by Gasteiger charge is 2.45. The van der Waals surface area contributed by atoms with Gasteiger partial charge in [-0.15, -0.1) is 0 Å². The number of rotatable bonds is 6. The fraction of sp³-hybridized carbons (Fsp3) is 0.455. The van der Waals surface area contributed by atoms with Crippen LogP contribution < -0.4 is 0 Å². The lowest BCUT2D eigenvalue weighted by atomic mass is 9.80. The highest BCUT2D eigenvalue weighted by molar-refractivity contribution is 5.78. The summed E-state index contributed by atoms with van der Waals surface area (Å²) in [5, 5.41) is 11.5. The van der Waals surface area contributed by atoms with E-state index in [-0.39, 0.29) is 11.9 Å². The van der Waals surface area contributed by atoms with E-state index in [2.05, 4.69) is 4.98 Å². The molecule has 1 aliphatic rings. The Bertz CT molecular complexity index is 769. The van der Waals surface area contributed by atoms with Crippen LogP contribution in [0.1, 0.15) is 17.5 Å². The van der Waals surface area contributed by atoms with Gasteiger partial charge in [0.1, 0.15) is 5.60 Å². The average molecular weight is 383 g/mol. The Labute approximate surface area is 167 Å². The van der Waals surface area contributed by atoms with Crippen molar-refractivity contribution >= 4 is 5.91 Å². The maximum absolute atomic E-state index is 12.9. The predicted octanol–water partition coefficient (Wildman–Crippen LogP) is 1.56. The summed E-state index contributed by atoms with van der Waals surface area (Å²) in [5.41, 5.74) is 1.09. The number of nitrogens with zero attached hydrogens (tertiary/aromatic N) is 4. The van der Waals surface area contributed by atoms with Crippen LogP contribution in [-0.4, -0.2) is 77.5 Å². The first kappa shape index (κ1) is 20.5. The highest BCUT2D eigenvalue weighted by Crippen LogP contribution is 2.35. The van der Waals surface area contributed by atoms with Crippen molar-refractivity contribution < 1.29 is 9.90 Å². The van der Waals surface area contributed by atoms with Crippen LogP contribution in [0.15, 0.2) is 54.9 Å². The molecule has 1 amide bonds. The summed E-state index contributed by atoms with van der Waals surface area (Å²) in [6.07, 6.45) is 4.06. The van der Waals surface area contributed by atoms with E-state index in [9.17, 15) is 9.90 Å². The first-order valence-electron chi connectivity index (χ1n) is 9.69. The van der Waals surface area contributed by atoms with Gasteiger partial charge in [0.05, 0.1) is 12.6 Å². The van der Waals surface area contributed by atoms with Crippen LogP contribution in [0.3, 0.4) is 0 Å². The number of aliphatic hydroxyl groups is 1. The molecule has 1 aliphatic heterocycles. The number of amides is 1. The van der Waals surface area contributed by atoms with E-state index >= 15 is 0 Å². The van der Waals surface area contributed by atoms with Gasteiger partial charge in [-0.25, -0.2) is 0 Å². The zero-order valence-corrected chi connectivity index (χ0v) is 17.0. The minimum atomic E-state index is -0.954. The number of benzene rings is 1. The second-order valence-corrected chi connectivity index (χ2v) is 7.89. The number of aromatic nitrogens is 1. The average Bonchev–Trinajstić information content (AvgIpc) is 2.69. The Morgan fingerprint density at radius 3 is 2.50 bits per heavy atom. The summed E-state index contributed by atoms with van der Waals surface area (Å²) in [7, 11) is 5.87. The molecule has 0 bridgehead atoms. The molecule has 1 N–H and O–H groups in total. The summed E-state index contributed by atoms with van der Waals surface area (Å²) in [5.74, 6) is 0.0958. The number of hydrogen-bond acceptors (Lipinski definition) is 5. The molecule has 2 atom stereocenters. The normalized spacial score (nSPS) is 22.6. The van der Waals surface area contributed by atoms with Gasteiger partial charge in [-0.05, 0) is 50.8 Å². The van der Waals surface area contributed by atoms with Crippen LogP contribution >= 0.6 is 0 Å². The van der Waals surface area contributed by atoms with Crippen molar-refractivity contribution in [2.75, 3.05) is 40.8 Å². The maximum Gasteiger partial charge on any atom is 0.236 e. The van der Waals surface area contributed by atoms with Crippen molar-refractivity contribution in [2.24, 2.45) is 0 Å². The van der Waals surface area contributed by atoms with Crippen LogP contribution in [0, 0.1) is 0 Å². The standard InChI is InChI=1S/C22H30N4O2/c1-24(2)20-16-26(14-11-22(20,28)19-7-5-4-6-8-19)21(27)17-25(3)15-18-9-12-23-13-10-18/h4-10,12-13,20,28H,11,14-17H2,1-3H3/t20-,22+/m1/s1. The quantitative estimate of drug-likeness (QED) is 0.822. The first-order valence-corrected chi connectivity index (χ1v) is 9.69. The second-order valence-electron chi connectivity index (χ2n) is 7.89. The van der Waals surface area contributed by atoms with Crippen LogP contribution in [0.25, 0.3) is 0 Å². The molecule has 6 heteroatoms. The van der Waals surface area contributed by atoms with Crippen LogP contribution in [0.2, 0.25) is 0 Å². The smallest absolute Gasteiger partial charge is 0.236 e. The van der Waals surface area contributed by atoms with Gasteiger partial charge in [0, 0.05) is 32.0 Å². The Kier molecular flexibility index (Phi) is 6.44. The Hall–Kier alpha value is -2.28. The molecule has 3 rings (SSSR count). The molecule has 2 aromatic rings. The molecule has 0 radical (unpaired) electrons. The van der Waals surface area contributed by atoms with Crippen molar-refractivity contribution in [3.63, 3.8) is 0 Å². The number of likely N-dealkylation sites (N-methyl/N-ethyl adjacent to an activating group) is 2. The van der Waals surface area contributed by atoms with Gasteiger partial charge < -0.3 is 14.9 Å². The fourth-order valence-electron chi connectivity index (χ4n) is 3.99. The summed E-state index contributed by atoms with van der Waals surface area (Å²) in [6.45, 7) is 2.12. The van der Waals surface area contributed by atoms with Crippen molar-refractivity contribution in [3.8, 4) is 0 Å². The molecule has 6 nitrogen and oxygen atoms in total. The SMILES string of the molecule is CN(CC(=O)N1CC[C@](O)(c2ccccc2)[C@H](N(C)C)C1)Cc1ccncc1. The number of pyridine rings is 1. The van der Waals surface area contributed by atoms with E-state index in [0.29, 0.717) is 32.6 Å². The third kappa shape index (κ3) is 4.58. The number of carbonyl (C=O) groups is 1. The van der Waals surface area contributed by atoms with E-state index in [0.717, 1.165) is 11.1 Å². The number of piperidine rings is 1. The summed E-state index contributed by atoms with van der Waals surface area (Å²) in [4.78, 5) is 22.8. The fourth-order valence-corrected chi connectivity index (χ4v) is 3.99. The highest BCUT2D eigenvalue weighted by atomic mass is 16.3. The van der Waals surface area contributed by atoms with Gasteiger partial charge in [0.15, 0.2) is 0 Å². The molecule has 28 heavy (non-hydrogen) atoms. The molecular formula is C22H30N4O2. The zero-order valence-electron chi connectivity index (χ0n) is 17.0. The third-order valence-corrected chi connectivity index (χ3v) is 5.56. The summed E-state index contributed by atoms with van der Waals surface area (Å²) in [6, 6.07) is 13.6. The largest absolute Gasteiger partial charge is 0.383 e. The minimum absolute atomic E-state index is 0.0958. The van der Waals surface area contributed by atoms with Crippen molar-refractivity contribution in [1.82, 2.24) is 19.7 Å². The lowest BCUT2D eigenvalue weighted by Crippen LogP contribution is -2.60. The van der Waals surface area contributed by atoms with Crippen molar-refractivity contribution in [2.45, 2.75) is 24.6 Å². The predicted molar refractivity (Wildman–Crippen MR) is 110 cm³/mol. The number of likely N-dealkylation sites (tertiary alicyclic amines) is 1. The molecule has 150 valence electrons. The Morgan fingerprint density at radius 1 is 1.18 bits per heavy atom. The molecule has 0 unspecified atom stereocenters. The van der Waals surface area contributed by atoms with E-state index in [1.165, 1.54) is 0 Å². The molecular weight excluding hydrogens is 352 g/mol. The lowest BCUT2D eigenvalue weighted by molar-refractivity contribution is -0.142. The van der Waals surface area contributed by atoms with Crippen LogP contribution in [0.4, 0.5) is 0 Å². The Morgan fingerprint density at radius 2 is 1.86 bits per heavy atom. The summed E-state index contributed by atoms with van der Waals surface area (Å²) < 4.78 is 0. The van der Waals surface area contributed by atoms with Gasteiger partial charge >= 0.3 is 0 Å². The minimum Gasteiger partial charge on any atom is -0.383 e. The molecule has 0 spiro atoms. The van der Waals surface area contributed by atoms with Crippen molar-refractivity contribution in [3.05, 3.63) is 66.0 Å². The molecule has 0 saturated carbocycles. The van der Waals surface area contributed by atoms with Gasteiger partial charge in [-0.2, -0.15) is 0 Å². The molecule has 1 saturated heterocycles. The van der Waals surface area contributed by atoms with E-state index < -0.39 is 5.60 Å². The van der Waals surface area contributed by atoms with E-state index in [1.54, 1.807) is 12.4 Å². The maximum atomic E-state index is 12.9. The van der Waals surface area contributed by atoms with Gasteiger partial charge in [0.25, 0.3) is 0 Å². The van der Waals surface area contributed by atoms with Gasteiger partial charge in [0.2, 0.25) is 5.91 Å². The van der Waals surface area contributed by atoms with Crippen molar-refractivity contribution in [1.29, 1.82) is 0 Å². The molecule has 0 aliphatic carbocycles. The molecule has 1 fully saturated rings. The lowest BCUT2D eigenvalue weighted by Gasteiger charge is -2.47. The molecule has 1 aromatic carbocycles. The van der Waals surface area contributed by atoms with E-state index in [1.807, 2.05) is 78.3 Å². The monoisotopic (exact) mass is 382 g/mol. The number of hydrogen-bond donors (Lipinski definition) is 1. The zero-order chi connectivity index (χ0) is 20.1. The Balaban J connectivity index is 1.65. The third-order valence-electron chi connectivity index (χ3n) is 5.56. The van der Waals surface area contributed by atoms with E-state index in [4.69, 9.17) is 0 Å². The summed E-state index contributed by atoms with van der Waals surface area (Å²) >= 11 is 0. The molecule has 2 heterocycles. The molecule has 1 aromatic heterocycles. The van der Waals surface area contributed by atoms with Gasteiger partial charge in [-0.3, -0.25) is 14.7 Å². The topological polar surface area (TPSA) is 59.9 Å².